The molecule has 96 valence electrons. The molecule has 0 atom stereocenters. The maximum absolute atomic E-state index is 4.59. The number of hydrogen-bond acceptors (Lipinski definition) is 2. The Labute approximate surface area is 112 Å². The van der Waals surface area contributed by atoms with Gasteiger partial charge in [0.25, 0.3) is 0 Å². The maximum Gasteiger partial charge on any atom is 0.0766 e. The van der Waals surface area contributed by atoms with Crippen molar-refractivity contribution in [3.63, 3.8) is 0 Å². The van der Waals surface area contributed by atoms with Crippen molar-refractivity contribution in [2.24, 2.45) is 0 Å². The van der Waals surface area contributed by atoms with E-state index in [0.717, 1.165) is 38.0 Å². The Morgan fingerprint density at radius 3 is 2.71 bits per heavy atom. The van der Waals surface area contributed by atoms with Crippen molar-refractivity contribution in [3.8, 4) is 0 Å². The molecule has 1 N–H and O–H groups in total. The number of aryl methyl sites for hydroxylation is 2. The average Bonchev–Trinajstić information content (AvgIpc) is 2.65. The monoisotopic (exact) mass is 299 g/mol. The summed E-state index contributed by atoms with van der Waals surface area (Å²) in [6, 6.07) is 0. The topological polar surface area (TPSA) is 29.9 Å². The van der Waals surface area contributed by atoms with E-state index in [0.29, 0.717) is 0 Å². The highest BCUT2D eigenvalue weighted by Gasteiger charge is 2.11. The molecule has 0 aliphatic rings. The number of aromatic nitrogens is 2. The van der Waals surface area contributed by atoms with Gasteiger partial charge < -0.3 is 5.32 Å². The minimum absolute atomic E-state index is 0.929. The van der Waals surface area contributed by atoms with E-state index in [1.807, 2.05) is 7.05 Å². The molecule has 0 saturated heterocycles. The summed E-state index contributed by atoms with van der Waals surface area (Å²) in [6.07, 6.45) is 7.45. The number of nitrogens with one attached hydrogen (secondary N) is 1. The molecule has 1 aromatic rings. The smallest absolute Gasteiger partial charge is 0.0766 e. The molecule has 0 unspecified atom stereocenters. The third kappa shape index (κ3) is 3.96. The van der Waals surface area contributed by atoms with Crippen LogP contribution in [0.25, 0.3) is 0 Å². The predicted octanol–water partition coefficient (Wildman–Crippen LogP) is 2.94. The van der Waals surface area contributed by atoms with E-state index in [1.54, 1.807) is 0 Å². The molecule has 0 aliphatic carbocycles. The van der Waals surface area contributed by atoms with Gasteiger partial charge in [0, 0.05) is 13.0 Å². The van der Waals surface area contributed by atoms with Gasteiger partial charge in [-0.3, -0.25) is 4.68 Å². The Kier molecular flexibility index (Phi) is 6.52. The molecule has 1 heterocycles. The van der Waals surface area contributed by atoms with E-state index in [4.69, 9.17) is 0 Å². The van der Waals surface area contributed by atoms with Crippen molar-refractivity contribution in [1.82, 2.24) is 15.1 Å². The fourth-order valence-corrected chi connectivity index (χ4v) is 2.48. The summed E-state index contributed by atoms with van der Waals surface area (Å²) in [5.74, 6) is 0. The second-order valence-corrected chi connectivity index (χ2v) is 4.74. The lowest BCUT2D eigenvalue weighted by Crippen LogP contribution is -2.06. The van der Waals surface area contributed by atoms with Crippen molar-refractivity contribution in [3.05, 3.63) is 28.0 Å². The minimum atomic E-state index is 0.929. The first-order valence-corrected chi connectivity index (χ1v) is 7.07. The SMILES string of the molecule is CCc1nn(CC)c(CC=CCCNC)c1Br. The highest BCUT2D eigenvalue weighted by Crippen LogP contribution is 2.22. The van der Waals surface area contributed by atoms with Gasteiger partial charge in [-0.25, -0.2) is 0 Å². The molecule has 0 amide bonds. The second-order valence-electron chi connectivity index (χ2n) is 3.94. The quantitative estimate of drug-likeness (QED) is 0.620. The van der Waals surface area contributed by atoms with Crippen LogP contribution >= 0.6 is 15.9 Å². The van der Waals surface area contributed by atoms with Crippen LogP contribution in [0.15, 0.2) is 16.6 Å². The van der Waals surface area contributed by atoms with Crippen LogP contribution in [0, 0.1) is 0 Å². The molecule has 1 aromatic heterocycles. The van der Waals surface area contributed by atoms with Gasteiger partial charge in [-0.2, -0.15) is 5.10 Å². The highest BCUT2D eigenvalue weighted by atomic mass is 79.9. The first-order chi connectivity index (χ1) is 8.24. The van der Waals surface area contributed by atoms with Gasteiger partial charge >= 0.3 is 0 Å². The van der Waals surface area contributed by atoms with Crippen LogP contribution in [0.1, 0.15) is 31.7 Å². The molecule has 0 aliphatic heterocycles. The first-order valence-electron chi connectivity index (χ1n) is 6.28. The van der Waals surface area contributed by atoms with Crippen LogP contribution < -0.4 is 5.32 Å². The molecular weight excluding hydrogens is 278 g/mol. The Morgan fingerprint density at radius 1 is 1.35 bits per heavy atom. The zero-order chi connectivity index (χ0) is 12.7. The number of allylic oxidation sites excluding steroid dienone is 1. The van der Waals surface area contributed by atoms with Crippen LogP contribution in [0.3, 0.4) is 0 Å². The summed E-state index contributed by atoms with van der Waals surface area (Å²) >= 11 is 3.66. The molecule has 1 rings (SSSR count). The molecule has 17 heavy (non-hydrogen) atoms. The fourth-order valence-electron chi connectivity index (χ4n) is 1.75. The maximum atomic E-state index is 4.59. The third-order valence-corrected chi connectivity index (χ3v) is 3.65. The van der Waals surface area contributed by atoms with Gasteiger partial charge in [0.1, 0.15) is 0 Å². The fraction of sp³-hybridized carbons (Fsp3) is 0.615. The number of halogens is 1. The van der Waals surface area contributed by atoms with Crippen LogP contribution in [0.5, 0.6) is 0 Å². The predicted molar refractivity (Wildman–Crippen MR) is 76.4 cm³/mol. The van der Waals surface area contributed by atoms with E-state index < -0.39 is 0 Å². The van der Waals surface area contributed by atoms with Gasteiger partial charge in [-0.1, -0.05) is 19.1 Å². The van der Waals surface area contributed by atoms with Gasteiger partial charge in [0.2, 0.25) is 0 Å². The molecule has 0 aromatic carbocycles. The summed E-state index contributed by atoms with van der Waals surface area (Å²) in [7, 11) is 1.98. The normalized spacial score (nSPS) is 11.5. The van der Waals surface area contributed by atoms with E-state index in [2.05, 4.69) is 57.0 Å². The highest BCUT2D eigenvalue weighted by molar-refractivity contribution is 9.10. The Balaban J connectivity index is 2.69. The average molecular weight is 300 g/mol. The summed E-state index contributed by atoms with van der Waals surface area (Å²) in [5, 5.41) is 7.72. The van der Waals surface area contributed by atoms with Crippen molar-refractivity contribution >= 4 is 15.9 Å². The van der Waals surface area contributed by atoms with Crippen molar-refractivity contribution < 1.29 is 0 Å². The third-order valence-electron chi connectivity index (χ3n) is 2.73. The largest absolute Gasteiger partial charge is 0.319 e. The zero-order valence-corrected chi connectivity index (χ0v) is 12.5. The van der Waals surface area contributed by atoms with E-state index in [1.165, 1.54) is 10.2 Å². The summed E-state index contributed by atoms with van der Waals surface area (Å²) in [6.45, 7) is 6.23. The minimum Gasteiger partial charge on any atom is -0.319 e. The molecule has 0 saturated carbocycles. The van der Waals surface area contributed by atoms with Crippen LogP contribution in [-0.4, -0.2) is 23.4 Å². The van der Waals surface area contributed by atoms with Gasteiger partial charge in [0.15, 0.2) is 0 Å². The summed E-state index contributed by atoms with van der Waals surface area (Å²) < 4.78 is 3.27. The summed E-state index contributed by atoms with van der Waals surface area (Å²) in [4.78, 5) is 0. The van der Waals surface area contributed by atoms with Crippen molar-refractivity contribution in [1.29, 1.82) is 0 Å². The number of nitrogens with zero attached hydrogens (tertiary/aromatic N) is 2. The van der Waals surface area contributed by atoms with E-state index >= 15 is 0 Å². The Morgan fingerprint density at radius 2 is 2.12 bits per heavy atom. The van der Waals surface area contributed by atoms with E-state index in [-0.39, 0.29) is 0 Å². The molecule has 0 spiro atoms. The molecule has 0 radical (unpaired) electrons. The molecule has 0 fully saturated rings. The van der Waals surface area contributed by atoms with Crippen molar-refractivity contribution in [2.45, 2.75) is 39.7 Å². The van der Waals surface area contributed by atoms with Crippen LogP contribution in [0.2, 0.25) is 0 Å². The number of hydrogen-bond donors (Lipinski definition) is 1. The first kappa shape index (κ1) is 14.5. The van der Waals surface area contributed by atoms with Crippen LogP contribution in [0.4, 0.5) is 0 Å². The molecule has 4 heteroatoms. The number of rotatable bonds is 7. The van der Waals surface area contributed by atoms with Crippen molar-refractivity contribution in [2.75, 3.05) is 13.6 Å². The van der Waals surface area contributed by atoms with E-state index in [9.17, 15) is 0 Å². The molecule has 0 bridgehead atoms. The van der Waals surface area contributed by atoms with Crippen LogP contribution in [-0.2, 0) is 19.4 Å². The molecule has 3 nitrogen and oxygen atoms in total. The Hall–Kier alpha value is -0.610. The van der Waals surface area contributed by atoms with Gasteiger partial charge in [-0.15, -0.1) is 0 Å². The lowest BCUT2D eigenvalue weighted by atomic mass is 10.2. The van der Waals surface area contributed by atoms with Gasteiger partial charge in [-0.05, 0) is 49.3 Å². The van der Waals surface area contributed by atoms with Gasteiger partial charge in [0.05, 0.1) is 15.9 Å². The lowest BCUT2D eigenvalue weighted by molar-refractivity contribution is 0.622. The zero-order valence-electron chi connectivity index (χ0n) is 11.0. The summed E-state index contributed by atoms with van der Waals surface area (Å²) in [5.41, 5.74) is 2.44. The second kappa shape index (κ2) is 7.67. The molecular formula is C13H22BrN3. The standard InChI is InChI=1S/C13H22BrN3/c1-4-11-13(14)12(17(5-2)16-11)9-7-6-8-10-15-3/h6-7,15H,4-5,8-10H2,1-3H3. The lowest BCUT2D eigenvalue weighted by Gasteiger charge is -2.02. The Bertz CT molecular complexity index is 369.